The molecular weight excluding hydrogens is 685 g/mol. The van der Waals surface area contributed by atoms with Crippen LogP contribution in [-0.4, -0.2) is 0 Å². The maximum absolute atomic E-state index is 2.70. The summed E-state index contributed by atoms with van der Waals surface area (Å²) < 4.78 is 0. The van der Waals surface area contributed by atoms with Gasteiger partial charge in [0.2, 0.25) is 0 Å². The van der Waals surface area contributed by atoms with Crippen molar-refractivity contribution >= 4 is 16.7 Å². The van der Waals surface area contributed by atoms with Crippen LogP contribution in [0, 0.1) is 41.4 Å². The molecule has 6 aliphatic rings. The lowest BCUT2D eigenvalue weighted by molar-refractivity contribution is 0.383. The summed E-state index contributed by atoms with van der Waals surface area (Å²) in [4.78, 5) is 0. The molecule has 8 unspecified atom stereocenters. The summed E-state index contributed by atoms with van der Waals surface area (Å²) in [6, 6.07) is 17.1. The Morgan fingerprint density at radius 2 is 1.40 bits per heavy atom. The molecule has 0 fully saturated rings. The van der Waals surface area contributed by atoms with Crippen LogP contribution in [-0.2, 0) is 5.41 Å². The lowest BCUT2D eigenvalue weighted by Crippen LogP contribution is -2.36. The number of benzene rings is 2. The Hall–Kier alpha value is -4.16. The van der Waals surface area contributed by atoms with E-state index in [0.29, 0.717) is 47.3 Å². The van der Waals surface area contributed by atoms with Crippen molar-refractivity contribution in [3.63, 3.8) is 0 Å². The van der Waals surface area contributed by atoms with Gasteiger partial charge in [-0.2, -0.15) is 0 Å². The lowest BCUT2D eigenvalue weighted by Gasteiger charge is -2.39. The van der Waals surface area contributed by atoms with Crippen molar-refractivity contribution in [2.45, 2.75) is 118 Å². The van der Waals surface area contributed by atoms with E-state index in [1.165, 1.54) is 69.5 Å². The highest BCUT2D eigenvalue weighted by atomic mass is 14.4. The van der Waals surface area contributed by atoms with Gasteiger partial charge in [-0.15, -0.1) is 0 Å². The van der Waals surface area contributed by atoms with Crippen molar-refractivity contribution in [3.05, 3.63) is 171 Å². The molecule has 6 aliphatic carbocycles. The predicted octanol–water partition coefficient (Wildman–Crippen LogP) is 14.0. The molecule has 0 nitrogen and oxygen atoms in total. The molecule has 0 bridgehead atoms. The first-order chi connectivity index (χ1) is 27.4. The van der Waals surface area contributed by atoms with Crippen LogP contribution in [0.1, 0.15) is 129 Å². The average Bonchev–Trinajstić information content (AvgIpc) is 3.21. The quantitative estimate of drug-likeness (QED) is 0.227. The summed E-state index contributed by atoms with van der Waals surface area (Å²) in [7, 11) is 0. The second-order valence-electron chi connectivity index (χ2n) is 19.9. The van der Waals surface area contributed by atoms with Crippen LogP contribution in [0.2, 0.25) is 0 Å². The van der Waals surface area contributed by atoms with E-state index in [4.69, 9.17) is 0 Å². The zero-order valence-corrected chi connectivity index (χ0v) is 36.3. The van der Waals surface area contributed by atoms with Gasteiger partial charge in [-0.25, -0.2) is 0 Å². The molecule has 0 aliphatic heterocycles. The molecule has 0 N–H and O–H groups in total. The van der Waals surface area contributed by atoms with Gasteiger partial charge in [0.05, 0.1) is 0 Å². The highest BCUT2D eigenvalue weighted by Gasteiger charge is 2.37. The van der Waals surface area contributed by atoms with Crippen LogP contribution in [0.5, 0.6) is 0 Å². The molecule has 2 aromatic carbocycles. The molecule has 0 radical (unpaired) electrons. The topological polar surface area (TPSA) is 0 Å². The fourth-order valence-corrected chi connectivity index (χ4v) is 10.8. The SMILES string of the molecule is CC1=CCC(CC(CCC2=c3ccccc3=C3C=C(C(C)C(C4=CCC(C)C=C4)C4C=CC(C)=CC4)c4cc(C(C)(C)C)ccc4C3C2)C2=CCC(C)C=C2)C=C1. The average molecular weight is 753 g/mol. The predicted molar refractivity (Wildman–Crippen MR) is 247 cm³/mol. The fourth-order valence-electron chi connectivity index (χ4n) is 10.8. The fraction of sp³-hybridized carbons (Fsp3) is 0.439. The van der Waals surface area contributed by atoms with Crippen LogP contribution in [0.3, 0.4) is 0 Å². The summed E-state index contributed by atoms with van der Waals surface area (Å²) in [6.45, 7) is 18.9. The third-order valence-electron chi connectivity index (χ3n) is 14.5. The first-order valence-corrected chi connectivity index (χ1v) is 22.6. The van der Waals surface area contributed by atoms with E-state index in [0.717, 1.165) is 25.7 Å². The molecule has 0 heteroatoms. The van der Waals surface area contributed by atoms with Crippen molar-refractivity contribution in [2.24, 2.45) is 41.4 Å². The molecule has 2 aromatic rings. The molecule has 0 aromatic heterocycles. The minimum absolute atomic E-state index is 0.0828. The molecule has 57 heavy (non-hydrogen) atoms. The van der Waals surface area contributed by atoms with Crippen LogP contribution in [0.4, 0.5) is 0 Å². The molecule has 0 amide bonds. The molecule has 296 valence electrons. The van der Waals surface area contributed by atoms with E-state index in [2.05, 4.69) is 177 Å². The normalized spacial score (nSPS) is 26.9. The first kappa shape index (κ1) is 39.7. The van der Waals surface area contributed by atoms with E-state index >= 15 is 0 Å². The van der Waals surface area contributed by atoms with Gasteiger partial charge in [0.1, 0.15) is 0 Å². The number of fused-ring (bicyclic) bond motifs is 4. The van der Waals surface area contributed by atoms with Gasteiger partial charge in [0, 0.05) is 5.92 Å². The molecule has 0 saturated heterocycles. The van der Waals surface area contributed by atoms with Gasteiger partial charge in [0.15, 0.2) is 0 Å². The largest absolute Gasteiger partial charge is 0.0811 e. The molecule has 0 heterocycles. The molecule has 0 saturated carbocycles. The highest BCUT2D eigenvalue weighted by molar-refractivity contribution is 5.88. The zero-order chi connectivity index (χ0) is 39.8. The Balaban J connectivity index is 1.22. The van der Waals surface area contributed by atoms with Gasteiger partial charge >= 0.3 is 0 Å². The van der Waals surface area contributed by atoms with Crippen LogP contribution >= 0.6 is 0 Å². The molecule has 8 rings (SSSR count). The maximum atomic E-state index is 2.70. The summed E-state index contributed by atoms with van der Waals surface area (Å²) >= 11 is 0. The van der Waals surface area contributed by atoms with Crippen LogP contribution in [0.15, 0.2) is 144 Å². The summed E-state index contributed by atoms with van der Waals surface area (Å²) in [5.74, 6) is 4.11. The summed E-state index contributed by atoms with van der Waals surface area (Å²) in [5.41, 5.74) is 15.2. The van der Waals surface area contributed by atoms with Crippen molar-refractivity contribution in [1.82, 2.24) is 0 Å². The molecule has 8 atom stereocenters. The van der Waals surface area contributed by atoms with E-state index in [1.54, 1.807) is 22.3 Å². The summed E-state index contributed by atoms with van der Waals surface area (Å²) in [6.07, 6.45) is 41.7. The second kappa shape index (κ2) is 16.6. The smallest absolute Gasteiger partial charge is 0.0139 e. The van der Waals surface area contributed by atoms with Gasteiger partial charge in [-0.05, 0) is 161 Å². The van der Waals surface area contributed by atoms with Gasteiger partial charge in [0.25, 0.3) is 0 Å². The standard InChI is InChI=1S/C57H68/c1-37-13-21-42(22-14-37)33-46(43-23-15-38(2)16-24-43)29-30-47-34-53-51-32-31-48(57(6,7)8)35-54(51)52(36-55(53)50-12-10-9-11-49(47)50)41(5)56(44-25-17-39(3)18-26-44)45-27-19-40(4)20-28-45/h9-15,17-19,21,23-25,27-28,31-32,35-36,38,40-42,44,46,53,56H,16,20,22,26,29-30,33-34H2,1-8H3. The van der Waals surface area contributed by atoms with Crippen molar-refractivity contribution in [1.29, 1.82) is 0 Å². The Bertz CT molecular complexity index is 2270. The number of hydrogen-bond donors (Lipinski definition) is 0. The zero-order valence-electron chi connectivity index (χ0n) is 36.3. The van der Waals surface area contributed by atoms with Gasteiger partial charge < -0.3 is 0 Å². The molecule has 0 spiro atoms. The van der Waals surface area contributed by atoms with Crippen molar-refractivity contribution in [3.8, 4) is 0 Å². The Morgan fingerprint density at radius 1 is 0.719 bits per heavy atom. The Labute approximate surface area is 345 Å². The number of allylic oxidation sites excluding steroid dienone is 18. The van der Waals surface area contributed by atoms with E-state index in [-0.39, 0.29) is 5.41 Å². The third-order valence-corrected chi connectivity index (χ3v) is 14.5. The van der Waals surface area contributed by atoms with E-state index in [9.17, 15) is 0 Å². The van der Waals surface area contributed by atoms with Crippen LogP contribution < -0.4 is 10.4 Å². The third kappa shape index (κ3) is 8.53. The van der Waals surface area contributed by atoms with Crippen molar-refractivity contribution in [2.75, 3.05) is 0 Å². The lowest BCUT2D eigenvalue weighted by atomic mass is 9.64. The summed E-state index contributed by atoms with van der Waals surface area (Å²) in [5, 5.41) is 2.97. The minimum atomic E-state index is 0.0828. The first-order valence-electron chi connectivity index (χ1n) is 22.6. The number of hydrogen-bond acceptors (Lipinski definition) is 0. The Morgan fingerprint density at radius 3 is 2.04 bits per heavy atom. The van der Waals surface area contributed by atoms with Gasteiger partial charge in [-0.3, -0.25) is 0 Å². The maximum Gasteiger partial charge on any atom is 0.0139 e. The minimum Gasteiger partial charge on any atom is -0.0811 e. The Kier molecular flexibility index (Phi) is 11.5. The number of rotatable bonds is 10. The monoisotopic (exact) mass is 753 g/mol. The highest BCUT2D eigenvalue weighted by Crippen LogP contribution is 2.51. The second-order valence-corrected chi connectivity index (χ2v) is 19.9. The van der Waals surface area contributed by atoms with Gasteiger partial charge in [-0.1, -0.05) is 180 Å². The van der Waals surface area contributed by atoms with E-state index in [1.807, 2.05) is 0 Å². The van der Waals surface area contributed by atoms with Crippen molar-refractivity contribution < 1.29 is 0 Å². The van der Waals surface area contributed by atoms with E-state index < -0.39 is 0 Å². The molecular formula is C57H68. The van der Waals surface area contributed by atoms with Crippen LogP contribution in [0.25, 0.3) is 16.7 Å².